The zero-order valence-corrected chi connectivity index (χ0v) is 6.67. The third-order valence-electron chi connectivity index (χ3n) is 2.99. The highest BCUT2D eigenvalue weighted by Crippen LogP contribution is 2.32. The van der Waals surface area contributed by atoms with Crippen LogP contribution in [0.15, 0.2) is 0 Å². The molecular formula is C8H15FN2. The predicted molar refractivity (Wildman–Crippen MR) is 41.8 cm³/mol. The van der Waals surface area contributed by atoms with Crippen LogP contribution in [0.25, 0.3) is 0 Å². The molecule has 0 radical (unpaired) electrons. The summed E-state index contributed by atoms with van der Waals surface area (Å²) in [5.41, 5.74) is 5.21. The van der Waals surface area contributed by atoms with Gasteiger partial charge in [-0.3, -0.25) is 4.90 Å². The number of alkyl halides is 1. The monoisotopic (exact) mass is 158 g/mol. The van der Waals surface area contributed by atoms with Crippen molar-refractivity contribution in [3.8, 4) is 0 Å². The Kier molecular flexibility index (Phi) is 1.85. The van der Waals surface area contributed by atoms with Crippen LogP contribution >= 0.6 is 0 Å². The Morgan fingerprint density at radius 2 is 2.36 bits per heavy atom. The lowest BCUT2D eigenvalue weighted by Crippen LogP contribution is -2.28. The molecule has 2 rings (SSSR count). The van der Waals surface area contributed by atoms with E-state index in [0.29, 0.717) is 6.04 Å². The molecule has 0 bridgehead atoms. The molecule has 3 unspecified atom stereocenters. The molecule has 0 aromatic rings. The van der Waals surface area contributed by atoms with Gasteiger partial charge in [-0.2, -0.15) is 0 Å². The van der Waals surface area contributed by atoms with Gasteiger partial charge in [-0.15, -0.1) is 0 Å². The van der Waals surface area contributed by atoms with E-state index >= 15 is 0 Å². The number of nitrogens with zero attached hydrogens (tertiary/aromatic N) is 1. The smallest absolute Gasteiger partial charge is 0.152 e. The van der Waals surface area contributed by atoms with E-state index < -0.39 is 6.30 Å². The molecule has 2 fully saturated rings. The summed E-state index contributed by atoms with van der Waals surface area (Å²) in [5, 5.41) is 0. The Balaban J connectivity index is 1.94. The first kappa shape index (κ1) is 7.50. The molecular weight excluding hydrogens is 143 g/mol. The van der Waals surface area contributed by atoms with Gasteiger partial charge in [0, 0.05) is 18.5 Å². The molecule has 64 valence electrons. The minimum atomic E-state index is -1.10. The maximum absolute atomic E-state index is 12.7. The van der Waals surface area contributed by atoms with Gasteiger partial charge >= 0.3 is 0 Å². The second kappa shape index (κ2) is 2.72. The highest BCUT2D eigenvalue weighted by atomic mass is 19.1. The average molecular weight is 158 g/mol. The van der Waals surface area contributed by atoms with Crippen LogP contribution in [0.1, 0.15) is 19.3 Å². The van der Waals surface area contributed by atoms with Gasteiger partial charge in [0.25, 0.3) is 0 Å². The van der Waals surface area contributed by atoms with Crippen molar-refractivity contribution >= 4 is 0 Å². The van der Waals surface area contributed by atoms with Crippen LogP contribution in [0.4, 0.5) is 4.39 Å². The number of nitrogens with two attached hydrogens (primary N) is 1. The van der Waals surface area contributed by atoms with E-state index in [2.05, 4.69) is 4.90 Å². The van der Waals surface area contributed by atoms with Crippen molar-refractivity contribution in [3.63, 3.8) is 0 Å². The fourth-order valence-electron chi connectivity index (χ4n) is 2.36. The number of hydrogen-bond donors (Lipinski definition) is 1. The Hall–Kier alpha value is -0.150. The lowest BCUT2D eigenvalue weighted by Gasteiger charge is -2.13. The number of fused-ring (bicyclic) bond motifs is 1. The van der Waals surface area contributed by atoms with Crippen molar-refractivity contribution in [1.29, 1.82) is 0 Å². The van der Waals surface area contributed by atoms with Crippen LogP contribution in [0.2, 0.25) is 0 Å². The molecule has 0 saturated carbocycles. The molecule has 2 nitrogen and oxygen atoms in total. The molecule has 2 saturated heterocycles. The minimum absolute atomic E-state index is 0.111. The lowest BCUT2D eigenvalue weighted by molar-refractivity contribution is 0.229. The molecule has 3 heteroatoms. The van der Waals surface area contributed by atoms with Crippen molar-refractivity contribution < 1.29 is 4.39 Å². The van der Waals surface area contributed by atoms with Crippen molar-refractivity contribution in [2.75, 3.05) is 13.1 Å². The standard InChI is InChI=1S/C8H15FN2/c9-8(10)6-4-7-2-1-3-11(7)5-6/h6-8H,1-5,10H2. The van der Waals surface area contributed by atoms with Crippen molar-refractivity contribution in [2.24, 2.45) is 11.7 Å². The molecule has 0 aromatic carbocycles. The Morgan fingerprint density at radius 3 is 3.00 bits per heavy atom. The minimum Gasteiger partial charge on any atom is -0.301 e. The summed E-state index contributed by atoms with van der Waals surface area (Å²) in [6.45, 7) is 2.05. The van der Waals surface area contributed by atoms with E-state index in [1.165, 1.54) is 12.8 Å². The van der Waals surface area contributed by atoms with E-state index in [9.17, 15) is 4.39 Å². The van der Waals surface area contributed by atoms with Crippen molar-refractivity contribution in [1.82, 2.24) is 4.90 Å². The van der Waals surface area contributed by atoms with E-state index in [0.717, 1.165) is 19.5 Å². The second-order valence-corrected chi connectivity index (χ2v) is 3.73. The maximum atomic E-state index is 12.7. The highest BCUT2D eigenvalue weighted by molar-refractivity contribution is 4.90. The van der Waals surface area contributed by atoms with Crippen LogP contribution in [0, 0.1) is 5.92 Å². The van der Waals surface area contributed by atoms with Crippen molar-refractivity contribution in [3.05, 3.63) is 0 Å². The van der Waals surface area contributed by atoms with Crippen LogP contribution in [0.5, 0.6) is 0 Å². The number of halogens is 1. The topological polar surface area (TPSA) is 29.3 Å². The molecule has 0 aromatic heterocycles. The normalized spacial score (nSPS) is 40.9. The molecule has 0 amide bonds. The van der Waals surface area contributed by atoms with E-state index in [1.54, 1.807) is 0 Å². The Bertz CT molecular complexity index is 137. The third kappa shape index (κ3) is 1.27. The molecule has 0 aliphatic carbocycles. The van der Waals surface area contributed by atoms with Gasteiger partial charge < -0.3 is 5.73 Å². The maximum Gasteiger partial charge on any atom is 0.152 e. The van der Waals surface area contributed by atoms with Crippen molar-refractivity contribution in [2.45, 2.75) is 31.6 Å². The van der Waals surface area contributed by atoms with Gasteiger partial charge in [0.1, 0.15) is 0 Å². The van der Waals surface area contributed by atoms with Gasteiger partial charge in [0.05, 0.1) is 0 Å². The number of hydrogen-bond acceptors (Lipinski definition) is 2. The van der Waals surface area contributed by atoms with E-state index in [1.807, 2.05) is 0 Å². The van der Waals surface area contributed by atoms with Crippen LogP contribution in [0.3, 0.4) is 0 Å². The van der Waals surface area contributed by atoms with E-state index in [4.69, 9.17) is 5.73 Å². The highest BCUT2D eigenvalue weighted by Gasteiger charge is 2.37. The van der Waals surface area contributed by atoms with Crippen LogP contribution in [-0.2, 0) is 0 Å². The van der Waals surface area contributed by atoms with Gasteiger partial charge in [-0.1, -0.05) is 0 Å². The van der Waals surface area contributed by atoms with Gasteiger partial charge in [-0.25, -0.2) is 4.39 Å². The fraction of sp³-hybridized carbons (Fsp3) is 1.00. The largest absolute Gasteiger partial charge is 0.301 e. The summed E-state index contributed by atoms with van der Waals surface area (Å²) in [4.78, 5) is 2.38. The molecule has 11 heavy (non-hydrogen) atoms. The second-order valence-electron chi connectivity index (χ2n) is 3.73. The molecule has 3 atom stereocenters. The van der Waals surface area contributed by atoms with Gasteiger partial charge in [0.15, 0.2) is 6.30 Å². The summed E-state index contributed by atoms with van der Waals surface area (Å²) in [6.07, 6.45) is 2.43. The SMILES string of the molecule is NC(F)C1CC2CCCN2C1. The molecule has 2 aliphatic rings. The van der Waals surface area contributed by atoms with Crippen LogP contribution < -0.4 is 5.73 Å². The molecule has 2 heterocycles. The first-order chi connectivity index (χ1) is 5.27. The zero-order chi connectivity index (χ0) is 7.84. The third-order valence-corrected chi connectivity index (χ3v) is 2.99. The van der Waals surface area contributed by atoms with Gasteiger partial charge in [0.2, 0.25) is 0 Å². The first-order valence-electron chi connectivity index (χ1n) is 4.41. The summed E-state index contributed by atoms with van der Waals surface area (Å²) in [6, 6.07) is 0.654. The summed E-state index contributed by atoms with van der Waals surface area (Å²) in [7, 11) is 0. The average Bonchev–Trinajstić information content (AvgIpc) is 2.40. The quantitative estimate of drug-likeness (QED) is 0.570. The number of rotatable bonds is 1. The Labute approximate surface area is 66.5 Å². The molecule has 2 aliphatic heterocycles. The van der Waals surface area contributed by atoms with E-state index in [-0.39, 0.29) is 5.92 Å². The zero-order valence-electron chi connectivity index (χ0n) is 6.67. The first-order valence-corrected chi connectivity index (χ1v) is 4.41. The molecule has 0 spiro atoms. The Morgan fingerprint density at radius 1 is 1.55 bits per heavy atom. The van der Waals surface area contributed by atoms with Gasteiger partial charge in [-0.05, 0) is 25.8 Å². The summed E-state index contributed by atoms with van der Waals surface area (Å²) in [5.74, 6) is 0.111. The molecule has 2 N–H and O–H groups in total. The lowest BCUT2D eigenvalue weighted by atomic mass is 10.0. The van der Waals surface area contributed by atoms with Crippen LogP contribution in [-0.4, -0.2) is 30.3 Å². The summed E-state index contributed by atoms with van der Waals surface area (Å²) >= 11 is 0. The summed E-state index contributed by atoms with van der Waals surface area (Å²) < 4.78 is 12.7. The fourth-order valence-corrected chi connectivity index (χ4v) is 2.36. The predicted octanol–water partition coefficient (Wildman–Crippen LogP) is 0.725.